The highest BCUT2D eigenvalue weighted by Crippen LogP contribution is 2.32. The molecule has 0 bridgehead atoms. The summed E-state index contributed by atoms with van der Waals surface area (Å²) in [7, 11) is -4.59. The van der Waals surface area contributed by atoms with Crippen molar-refractivity contribution in [3.63, 3.8) is 0 Å². The Hall–Kier alpha value is -2.16. The van der Waals surface area contributed by atoms with Crippen molar-refractivity contribution in [2.75, 3.05) is 0 Å². The number of alkyl halides is 3. The first kappa shape index (κ1) is 16.2. The molecule has 0 aliphatic rings. The molecule has 0 aliphatic carbocycles. The summed E-state index contributed by atoms with van der Waals surface area (Å²) in [6.07, 6.45) is -4.68. The lowest BCUT2D eigenvalue weighted by atomic mass is 10.2. The van der Waals surface area contributed by atoms with Gasteiger partial charge in [-0.15, -0.1) is 0 Å². The molecule has 9 heteroatoms. The summed E-state index contributed by atoms with van der Waals surface area (Å²) in [5, 5.41) is 0. The number of hydrogen-bond donors (Lipinski definition) is 0. The van der Waals surface area contributed by atoms with Gasteiger partial charge in [0.05, 0.1) is 5.56 Å². The summed E-state index contributed by atoms with van der Waals surface area (Å²) in [5.74, 6) is -3.29. The van der Waals surface area contributed by atoms with Gasteiger partial charge in [0.25, 0.3) is 0 Å². The molecule has 22 heavy (non-hydrogen) atoms. The van der Waals surface area contributed by atoms with Crippen molar-refractivity contribution in [1.82, 2.24) is 0 Å². The fourth-order valence-electron chi connectivity index (χ4n) is 1.53. The van der Waals surface area contributed by atoms with E-state index in [0.29, 0.717) is 18.2 Å². The fourth-order valence-corrected chi connectivity index (χ4v) is 2.47. The molecule has 0 N–H and O–H groups in total. The van der Waals surface area contributed by atoms with E-state index in [1.54, 1.807) is 0 Å². The molecule has 0 amide bonds. The minimum absolute atomic E-state index is 0.373. The van der Waals surface area contributed by atoms with Crippen molar-refractivity contribution in [2.24, 2.45) is 0 Å². The highest BCUT2D eigenvalue weighted by atomic mass is 32.2. The molecule has 3 nitrogen and oxygen atoms in total. The molecule has 0 fully saturated rings. The zero-order valence-corrected chi connectivity index (χ0v) is 11.4. The van der Waals surface area contributed by atoms with E-state index < -0.39 is 44.1 Å². The molecular weight excluding hydrogens is 331 g/mol. The minimum atomic E-state index is -4.68. The lowest BCUT2D eigenvalue weighted by Crippen LogP contribution is -2.11. The molecule has 0 heterocycles. The van der Waals surface area contributed by atoms with Gasteiger partial charge in [-0.05, 0) is 36.4 Å². The monoisotopic (exact) mass is 338 g/mol. The number of hydrogen-bond acceptors (Lipinski definition) is 3. The average molecular weight is 338 g/mol. The zero-order chi connectivity index (χ0) is 16.5. The Morgan fingerprint density at radius 3 is 2.18 bits per heavy atom. The van der Waals surface area contributed by atoms with Crippen molar-refractivity contribution < 1.29 is 34.6 Å². The molecule has 0 atom stereocenters. The van der Waals surface area contributed by atoms with E-state index in [1.165, 1.54) is 0 Å². The largest absolute Gasteiger partial charge is 0.416 e. The summed E-state index contributed by atoms with van der Waals surface area (Å²) in [4.78, 5) is -0.719. The molecule has 0 saturated carbocycles. The maximum atomic E-state index is 13.0. The van der Waals surface area contributed by atoms with E-state index in [4.69, 9.17) is 0 Å². The standard InChI is InChI=1S/C13H7F5O3S/c14-11-5-4-10(7-12(11)15)22(19,20)21-9-3-1-2-8(6-9)13(16,17)18/h1-7H. The van der Waals surface area contributed by atoms with Crippen LogP contribution in [0.1, 0.15) is 5.56 Å². The van der Waals surface area contributed by atoms with E-state index in [1.807, 2.05) is 0 Å². The molecule has 2 aromatic carbocycles. The van der Waals surface area contributed by atoms with Gasteiger partial charge >= 0.3 is 16.3 Å². The van der Waals surface area contributed by atoms with Crippen LogP contribution in [0.25, 0.3) is 0 Å². The van der Waals surface area contributed by atoms with Crippen LogP contribution in [0, 0.1) is 11.6 Å². The molecule has 2 rings (SSSR count). The maximum Gasteiger partial charge on any atom is 0.416 e. The second-order valence-corrected chi connectivity index (χ2v) is 5.69. The summed E-state index contributed by atoms with van der Waals surface area (Å²) in [6, 6.07) is 4.84. The van der Waals surface area contributed by atoms with Gasteiger partial charge in [0.15, 0.2) is 11.6 Å². The normalized spacial score (nSPS) is 12.2. The summed E-state index contributed by atoms with van der Waals surface area (Å²) >= 11 is 0. The molecule has 2 aromatic rings. The summed E-state index contributed by atoms with van der Waals surface area (Å²) in [6.45, 7) is 0. The van der Waals surface area contributed by atoms with Gasteiger partial charge in [0.2, 0.25) is 0 Å². The summed E-state index contributed by atoms with van der Waals surface area (Å²) in [5.41, 5.74) is -1.11. The van der Waals surface area contributed by atoms with Crippen LogP contribution in [-0.4, -0.2) is 8.42 Å². The number of rotatable bonds is 3. The molecular formula is C13H7F5O3S. The Morgan fingerprint density at radius 1 is 0.909 bits per heavy atom. The van der Waals surface area contributed by atoms with Gasteiger partial charge in [-0.25, -0.2) is 8.78 Å². The van der Waals surface area contributed by atoms with Gasteiger partial charge in [0, 0.05) is 0 Å². The Kier molecular flexibility index (Phi) is 4.10. The first-order valence-electron chi connectivity index (χ1n) is 5.66. The van der Waals surface area contributed by atoms with Crippen molar-refractivity contribution in [3.05, 3.63) is 59.7 Å². The second-order valence-electron chi connectivity index (χ2n) is 4.14. The van der Waals surface area contributed by atoms with E-state index in [9.17, 15) is 30.4 Å². The Labute approximate surface area is 122 Å². The zero-order valence-electron chi connectivity index (χ0n) is 10.6. The van der Waals surface area contributed by atoms with Gasteiger partial charge in [-0.2, -0.15) is 21.6 Å². The van der Waals surface area contributed by atoms with E-state index >= 15 is 0 Å². The molecule has 0 unspecified atom stereocenters. The van der Waals surface area contributed by atoms with E-state index in [-0.39, 0.29) is 0 Å². The third kappa shape index (κ3) is 3.53. The van der Waals surface area contributed by atoms with Gasteiger partial charge in [0.1, 0.15) is 10.6 Å². The Bertz CT molecular complexity index is 800. The predicted molar refractivity (Wildman–Crippen MR) is 65.6 cm³/mol. The van der Waals surface area contributed by atoms with Crippen LogP contribution in [0.4, 0.5) is 22.0 Å². The number of halogens is 5. The molecule has 0 saturated heterocycles. The van der Waals surface area contributed by atoms with Crippen molar-refractivity contribution >= 4 is 10.1 Å². The van der Waals surface area contributed by atoms with E-state index in [2.05, 4.69) is 4.18 Å². The van der Waals surface area contributed by atoms with Gasteiger partial charge in [-0.3, -0.25) is 0 Å². The maximum absolute atomic E-state index is 13.0. The van der Waals surface area contributed by atoms with Crippen LogP contribution < -0.4 is 4.18 Å². The second kappa shape index (κ2) is 5.56. The average Bonchev–Trinajstić information content (AvgIpc) is 2.40. The van der Waals surface area contributed by atoms with Crippen LogP contribution >= 0.6 is 0 Å². The van der Waals surface area contributed by atoms with Crippen molar-refractivity contribution in [1.29, 1.82) is 0 Å². The third-order valence-electron chi connectivity index (χ3n) is 2.55. The molecule has 0 aliphatic heterocycles. The molecule has 0 aromatic heterocycles. The first-order chi connectivity index (χ1) is 10.1. The highest BCUT2D eigenvalue weighted by molar-refractivity contribution is 7.87. The quantitative estimate of drug-likeness (QED) is 0.632. The van der Waals surface area contributed by atoms with Gasteiger partial charge in [-0.1, -0.05) is 6.07 Å². The smallest absolute Gasteiger partial charge is 0.379 e. The topological polar surface area (TPSA) is 43.4 Å². The molecule has 0 spiro atoms. The van der Waals surface area contributed by atoms with E-state index in [0.717, 1.165) is 24.3 Å². The van der Waals surface area contributed by atoms with Crippen LogP contribution in [0.2, 0.25) is 0 Å². The van der Waals surface area contributed by atoms with Crippen LogP contribution in [-0.2, 0) is 16.3 Å². The molecule has 118 valence electrons. The van der Waals surface area contributed by atoms with Crippen LogP contribution in [0.15, 0.2) is 47.4 Å². The predicted octanol–water partition coefficient (Wildman–Crippen LogP) is 3.75. The minimum Gasteiger partial charge on any atom is -0.379 e. The number of benzene rings is 2. The Morgan fingerprint density at radius 2 is 1.59 bits per heavy atom. The van der Waals surface area contributed by atoms with Crippen molar-refractivity contribution in [3.8, 4) is 5.75 Å². The van der Waals surface area contributed by atoms with Crippen LogP contribution in [0.5, 0.6) is 5.75 Å². The summed E-state index contributed by atoms with van der Waals surface area (Å²) < 4.78 is 91.5. The van der Waals surface area contributed by atoms with Crippen LogP contribution in [0.3, 0.4) is 0 Å². The van der Waals surface area contributed by atoms with Gasteiger partial charge < -0.3 is 4.18 Å². The lowest BCUT2D eigenvalue weighted by molar-refractivity contribution is -0.137. The highest BCUT2D eigenvalue weighted by Gasteiger charge is 2.31. The SMILES string of the molecule is O=S(=O)(Oc1cccc(C(F)(F)F)c1)c1ccc(F)c(F)c1. The lowest BCUT2D eigenvalue weighted by Gasteiger charge is -2.10. The third-order valence-corrected chi connectivity index (χ3v) is 3.79. The fraction of sp³-hybridized carbons (Fsp3) is 0.0769. The molecule has 0 radical (unpaired) electrons. The first-order valence-corrected chi connectivity index (χ1v) is 7.07. The Balaban J connectivity index is 2.35. The van der Waals surface area contributed by atoms with Crippen molar-refractivity contribution in [2.45, 2.75) is 11.1 Å².